The third-order valence-corrected chi connectivity index (χ3v) is 4.93. The molecular formula is C29H74O5Si2Y4. The summed E-state index contributed by atoms with van der Waals surface area (Å²) in [5.74, 6) is 0. The fourth-order valence-electron chi connectivity index (χ4n) is 1.52. The van der Waals surface area contributed by atoms with Crippen LogP contribution in [0.15, 0.2) is 0 Å². The second-order valence-corrected chi connectivity index (χ2v) is 19.9. The van der Waals surface area contributed by atoms with E-state index in [0.29, 0.717) is 12.2 Å². The zero-order valence-electron chi connectivity index (χ0n) is 30.8. The fraction of sp³-hybridized carbons (Fsp3) is 1.00. The molecule has 4 radical (unpaired) electrons. The Morgan fingerprint density at radius 1 is 0.475 bits per heavy atom. The van der Waals surface area contributed by atoms with E-state index in [-0.39, 0.29) is 137 Å². The predicted molar refractivity (Wildman–Crippen MR) is 171 cm³/mol. The molecule has 240 valence electrons. The van der Waals surface area contributed by atoms with E-state index in [9.17, 15) is 0 Å². The first-order chi connectivity index (χ1) is 16.4. The van der Waals surface area contributed by atoms with Crippen molar-refractivity contribution in [3.8, 4) is 0 Å². The second kappa shape index (κ2) is 56.0. The van der Waals surface area contributed by atoms with Gasteiger partial charge in [-0.2, -0.15) is 0 Å². The molecule has 0 aromatic heterocycles. The van der Waals surface area contributed by atoms with Crippen LogP contribution in [-0.4, -0.2) is 66.5 Å². The summed E-state index contributed by atoms with van der Waals surface area (Å²) in [5.41, 5.74) is 0. The van der Waals surface area contributed by atoms with Crippen molar-refractivity contribution in [1.29, 1.82) is 0 Å². The molecule has 0 amide bonds. The largest absolute Gasteiger partial charge is 0.418 e. The van der Waals surface area contributed by atoms with Crippen LogP contribution >= 0.6 is 0 Å². The Kier molecular flexibility index (Phi) is 99.2. The van der Waals surface area contributed by atoms with Gasteiger partial charge in [0.15, 0.2) is 16.6 Å². The van der Waals surface area contributed by atoms with E-state index in [1.807, 2.05) is 13.8 Å². The first kappa shape index (κ1) is 70.9. The maximum Gasteiger partial charge on any atom is 0.183 e. The van der Waals surface area contributed by atoms with E-state index in [1.54, 1.807) is 13.8 Å². The van der Waals surface area contributed by atoms with Crippen molar-refractivity contribution in [3.63, 3.8) is 0 Å². The van der Waals surface area contributed by atoms with Crippen LogP contribution in [0.25, 0.3) is 0 Å². The normalized spacial score (nSPS) is 9.45. The zero-order valence-corrected chi connectivity index (χ0v) is 44.1. The van der Waals surface area contributed by atoms with Gasteiger partial charge in [0.05, 0.1) is 12.2 Å². The number of aliphatic hydroxyl groups is 1. The van der Waals surface area contributed by atoms with Gasteiger partial charge in [0.1, 0.15) is 0 Å². The number of hydrogen-bond acceptors (Lipinski definition) is 5. The molecule has 0 aromatic rings. The Hall–Kier alpha value is 4.65. The number of hydrogen-bond donors (Lipinski definition) is 1. The summed E-state index contributed by atoms with van der Waals surface area (Å²) >= 11 is 0. The average Bonchev–Trinajstić information content (AvgIpc) is 2.74. The van der Waals surface area contributed by atoms with Crippen molar-refractivity contribution < 1.29 is 154 Å². The molecule has 0 unspecified atom stereocenters. The molecule has 0 saturated carbocycles. The molecule has 0 bridgehead atoms. The molecule has 0 aliphatic rings. The Labute approximate surface area is 358 Å². The van der Waals surface area contributed by atoms with E-state index in [4.69, 9.17) is 23.4 Å². The van der Waals surface area contributed by atoms with Gasteiger partial charge in [-0.25, -0.2) is 0 Å². The molecule has 0 fully saturated rings. The van der Waals surface area contributed by atoms with Crippen LogP contribution in [0.5, 0.6) is 0 Å². The third kappa shape index (κ3) is 144. The van der Waals surface area contributed by atoms with Crippen LogP contribution in [0.1, 0.15) is 109 Å². The minimum Gasteiger partial charge on any atom is -0.418 e. The first-order valence-electron chi connectivity index (χ1n) is 14.6. The quantitative estimate of drug-likeness (QED) is 0.198. The number of ether oxygens (including phenoxy) is 2. The summed E-state index contributed by atoms with van der Waals surface area (Å²) in [5, 5.41) is 8.06. The van der Waals surface area contributed by atoms with Gasteiger partial charge < -0.3 is 23.4 Å². The molecular weight excluding hydrogens is 840 g/mol. The molecule has 0 aliphatic heterocycles. The average molecular weight is 915 g/mol. The van der Waals surface area contributed by atoms with E-state index in [2.05, 4.69) is 94.7 Å². The van der Waals surface area contributed by atoms with Crippen LogP contribution in [0, 0.1) is 0 Å². The molecule has 0 spiro atoms. The summed E-state index contributed by atoms with van der Waals surface area (Å²) in [6.45, 7) is 41.1. The Bertz CT molecular complexity index is 326. The number of rotatable bonds is 12. The fourth-order valence-corrected chi connectivity index (χ4v) is 3.16. The van der Waals surface area contributed by atoms with Gasteiger partial charge in [-0.15, -0.1) is 0 Å². The van der Waals surface area contributed by atoms with E-state index >= 15 is 0 Å². The SMILES string of the molecule is CC.CC(C)O.CCCOC(C)C.CCCOC(C)C.CCCO[Si](C)(C)C.CCCO[Si](C)(C)C.[Y].[Y].[Y].[Y]. The Balaban J connectivity index is -0.0000000342. The maximum atomic E-state index is 8.06. The van der Waals surface area contributed by atoms with E-state index < -0.39 is 16.6 Å². The van der Waals surface area contributed by atoms with Gasteiger partial charge in [0, 0.05) is 163 Å². The van der Waals surface area contributed by atoms with Crippen molar-refractivity contribution in [2.24, 2.45) is 0 Å². The smallest absolute Gasteiger partial charge is 0.183 e. The standard InChI is InChI=1S/2C6H16OSi.2C6H14O.C3H8O.C2H6.4Y/c2*1-5-6-7-8(2,3)4;2*1-4-5-7-6(2)3;1-3(2)4;1-2;;;;/h2*5-6H2,1-4H3;2*6H,4-5H2,1-3H3;3-4H,1-2H3;1-2H3;;;;. The molecule has 1 N–H and O–H groups in total. The van der Waals surface area contributed by atoms with Gasteiger partial charge in [-0.1, -0.05) is 41.5 Å². The van der Waals surface area contributed by atoms with Gasteiger partial charge in [0.2, 0.25) is 0 Å². The van der Waals surface area contributed by atoms with Crippen LogP contribution < -0.4 is 0 Å². The Morgan fingerprint density at radius 3 is 0.700 bits per heavy atom. The minimum atomic E-state index is -1.18. The van der Waals surface area contributed by atoms with Gasteiger partial charge >= 0.3 is 0 Å². The summed E-state index contributed by atoms with van der Waals surface area (Å²) in [7, 11) is -2.36. The van der Waals surface area contributed by atoms with Crippen molar-refractivity contribution in [2.45, 2.75) is 166 Å². The molecule has 0 aromatic carbocycles. The van der Waals surface area contributed by atoms with Crippen molar-refractivity contribution >= 4 is 16.6 Å². The molecule has 0 rings (SSSR count). The monoisotopic (exact) mass is 914 g/mol. The van der Waals surface area contributed by atoms with Crippen LogP contribution in [0.2, 0.25) is 39.3 Å². The second-order valence-electron chi connectivity index (χ2n) is 10.9. The van der Waals surface area contributed by atoms with Crippen LogP contribution in [0.3, 0.4) is 0 Å². The first-order valence-corrected chi connectivity index (χ1v) is 21.4. The summed E-state index contributed by atoms with van der Waals surface area (Å²) in [6, 6.07) is 0. The predicted octanol–water partition coefficient (Wildman–Crippen LogP) is 9.54. The topological polar surface area (TPSA) is 57.2 Å². The molecule has 0 heterocycles. The van der Waals surface area contributed by atoms with E-state index in [1.165, 1.54) is 0 Å². The van der Waals surface area contributed by atoms with Crippen LogP contribution in [-0.2, 0) is 149 Å². The number of aliphatic hydroxyl groups excluding tert-OH is 1. The van der Waals surface area contributed by atoms with Gasteiger partial charge in [-0.05, 0) is 107 Å². The van der Waals surface area contributed by atoms with Crippen molar-refractivity contribution in [1.82, 2.24) is 0 Å². The molecule has 0 saturated heterocycles. The van der Waals surface area contributed by atoms with Crippen molar-refractivity contribution in [3.05, 3.63) is 0 Å². The Morgan fingerprint density at radius 2 is 0.650 bits per heavy atom. The minimum absolute atomic E-state index is 0. The molecule has 40 heavy (non-hydrogen) atoms. The third-order valence-electron chi connectivity index (χ3n) is 2.79. The van der Waals surface area contributed by atoms with Crippen molar-refractivity contribution in [2.75, 3.05) is 26.4 Å². The van der Waals surface area contributed by atoms with Gasteiger partial charge in [0.25, 0.3) is 0 Å². The van der Waals surface area contributed by atoms with Crippen LogP contribution in [0.4, 0.5) is 0 Å². The zero-order chi connectivity index (χ0) is 30.2. The summed E-state index contributed by atoms with van der Waals surface area (Å²) in [6.07, 6.45) is 5.17. The molecule has 0 atom stereocenters. The van der Waals surface area contributed by atoms with Gasteiger partial charge in [-0.3, -0.25) is 0 Å². The summed E-state index contributed by atoms with van der Waals surface area (Å²) < 4.78 is 21.4. The summed E-state index contributed by atoms with van der Waals surface area (Å²) in [4.78, 5) is 0. The molecule has 11 heteroatoms. The van der Waals surface area contributed by atoms with E-state index in [0.717, 1.165) is 52.1 Å². The maximum absolute atomic E-state index is 8.06. The molecule has 5 nitrogen and oxygen atoms in total. The molecule has 0 aliphatic carbocycles.